The lowest BCUT2D eigenvalue weighted by atomic mass is 9.86. The molecule has 3 amide bonds. The molecule has 5 N–H and O–H groups in total. The van der Waals surface area contributed by atoms with Crippen LogP contribution in [0.2, 0.25) is 0 Å². The van der Waals surface area contributed by atoms with Crippen LogP contribution in [0.15, 0.2) is 42.5 Å². The first kappa shape index (κ1) is 31.0. The number of nitrogens with zero attached hydrogens (tertiary/aromatic N) is 1. The minimum absolute atomic E-state index is 0.0239. The second-order valence-electron chi connectivity index (χ2n) is 12.0. The van der Waals surface area contributed by atoms with Crippen LogP contribution in [0.1, 0.15) is 58.9 Å². The van der Waals surface area contributed by atoms with Crippen LogP contribution in [0, 0.1) is 17.3 Å². The van der Waals surface area contributed by atoms with Gasteiger partial charge < -0.3 is 26.4 Å². The van der Waals surface area contributed by atoms with Gasteiger partial charge in [-0.25, -0.2) is 4.79 Å². The maximum Gasteiger partial charge on any atom is 0.326 e. The van der Waals surface area contributed by atoms with Crippen molar-refractivity contribution >= 4 is 29.5 Å². The molecule has 1 saturated heterocycles. The largest absolute Gasteiger partial charge is 0.480 e. The standard InChI is InChI=1S/C30H42N4O6/c1-6-10-21(17(2)26(36)33-22(29(39)40)15-18-11-8-7-9-12-18)32-27(37)24-19-13-14-23(35)20(19)16-34(24)28(38)25(31)30(3,4)5/h7-9,11-12,19-22,24-25H,2,6,10,13-16,31H2,1,3-5H3,(H,32,37)(H,33,36)(H,39,40)/t19-,20-,21?,22-,24-,25+/m0/s1. The molecule has 40 heavy (non-hydrogen) atoms. The molecular formula is C30H42N4O6. The van der Waals surface area contributed by atoms with Gasteiger partial charge in [0.15, 0.2) is 0 Å². The summed E-state index contributed by atoms with van der Waals surface area (Å²) in [5, 5.41) is 15.1. The number of likely N-dealkylation sites (tertiary alicyclic amines) is 1. The van der Waals surface area contributed by atoms with E-state index in [9.17, 15) is 29.1 Å². The zero-order valence-corrected chi connectivity index (χ0v) is 23.8. The predicted molar refractivity (Wildman–Crippen MR) is 150 cm³/mol. The summed E-state index contributed by atoms with van der Waals surface area (Å²) in [4.78, 5) is 66.1. The van der Waals surface area contributed by atoms with Crippen LogP contribution in [0.5, 0.6) is 0 Å². The van der Waals surface area contributed by atoms with E-state index in [4.69, 9.17) is 5.73 Å². The van der Waals surface area contributed by atoms with Gasteiger partial charge in [-0.2, -0.15) is 0 Å². The minimum atomic E-state index is -1.19. The number of rotatable bonds is 11. The van der Waals surface area contributed by atoms with Gasteiger partial charge in [0.2, 0.25) is 17.7 Å². The second-order valence-corrected chi connectivity index (χ2v) is 12.0. The molecule has 6 atom stereocenters. The molecule has 1 aromatic carbocycles. The number of benzene rings is 1. The van der Waals surface area contributed by atoms with Crippen molar-refractivity contribution in [3.05, 3.63) is 48.0 Å². The first-order valence-electron chi connectivity index (χ1n) is 13.9. The minimum Gasteiger partial charge on any atom is -0.480 e. The van der Waals surface area contributed by atoms with Gasteiger partial charge >= 0.3 is 5.97 Å². The summed E-state index contributed by atoms with van der Waals surface area (Å²) in [6.07, 6.45) is 1.93. The molecule has 10 nitrogen and oxygen atoms in total. The Kier molecular flexibility index (Phi) is 9.89. The zero-order valence-electron chi connectivity index (χ0n) is 23.8. The first-order valence-corrected chi connectivity index (χ1v) is 13.9. The molecule has 218 valence electrons. The Balaban J connectivity index is 1.77. The number of carbonyl (C=O) groups is 5. The summed E-state index contributed by atoms with van der Waals surface area (Å²) in [6.45, 7) is 11.4. The van der Waals surface area contributed by atoms with E-state index >= 15 is 0 Å². The molecule has 1 heterocycles. The number of amides is 3. The molecule has 0 aromatic heterocycles. The summed E-state index contributed by atoms with van der Waals surface area (Å²) in [5.74, 6) is -3.42. The van der Waals surface area contributed by atoms with E-state index in [-0.39, 0.29) is 36.1 Å². The highest BCUT2D eigenvalue weighted by atomic mass is 16.4. The van der Waals surface area contributed by atoms with Crippen molar-refractivity contribution in [2.45, 2.75) is 84.0 Å². The molecule has 1 aliphatic heterocycles. The number of ketones is 1. The van der Waals surface area contributed by atoms with Gasteiger partial charge in [-0.15, -0.1) is 0 Å². The molecule has 1 aliphatic carbocycles. The van der Waals surface area contributed by atoms with Crippen LogP contribution < -0.4 is 16.4 Å². The van der Waals surface area contributed by atoms with Gasteiger partial charge in [-0.05, 0) is 23.8 Å². The zero-order chi connectivity index (χ0) is 29.8. The Morgan fingerprint density at radius 3 is 2.35 bits per heavy atom. The van der Waals surface area contributed by atoms with E-state index in [1.807, 2.05) is 33.8 Å². The quantitative estimate of drug-likeness (QED) is 0.304. The molecule has 10 heteroatoms. The van der Waals surface area contributed by atoms with Crippen molar-refractivity contribution < 1.29 is 29.1 Å². The van der Waals surface area contributed by atoms with Crippen molar-refractivity contribution in [1.29, 1.82) is 0 Å². The van der Waals surface area contributed by atoms with Crippen molar-refractivity contribution in [2.24, 2.45) is 23.0 Å². The average Bonchev–Trinajstić information content (AvgIpc) is 3.46. The number of fused-ring (bicyclic) bond motifs is 1. The molecular weight excluding hydrogens is 512 g/mol. The molecule has 2 fully saturated rings. The highest BCUT2D eigenvalue weighted by Crippen LogP contribution is 2.41. The van der Waals surface area contributed by atoms with Crippen LogP contribution in [0.3, 0.4) is 0 Å². The van der Waals surface area contributed by atoms with E-state index in [2.05, 4.69) is 17.2 Å². The van der Waals surface area contributed by atoms with Gasteiger partial charge in [-0.3, -0.25) is 19.2 Å². The van der Waals surface area contributed by atoms with Gasteiger partial charge in [0.1, 0.15) is 17.9 Å². The third-order valence-corrected chi connectivity index (χ3v) is 8.03. The third-order valence-electron chi connectivity index (χ3n) is 8.03. The van der Waals surface area contributed by atoms with Gasteiger partial charge in [-0.1, -0.05) is 71.0 Å². The molecule has 1 aromatic rings. The number of aliphatic carboxylic acids is 1. The molecule has 0 bridgehead atoms. The average molecular weight is 555 g/mol. The van der Waals surface area contributed by atoms with Crippen LogP contribution in [-0.2, 0) is 30.4 Å². The lowest BCUT2D eigenvalue weighted by Crippen LogP contribution is -2.57. The fourth-order valence-electron chi connectivity index (χ4n) is 5.56. The lowest BCUT2D eigenvalue weighted by molar-refractivity contribution is -0.142. The fraction of sp³-hybridized carbons (Fsp3) is 0.567. The number of Topliss-reactive ketones (excluding diaryl/α,β-unsaturated/α-hetero) is 1. The maximum atomic E-state index is 13.7. The maximum absolute atomic E-state index is 13.7. The predicted octanol–water partition coefficient (Wildman–Crippen LogP) is 1.82. The van der Waals surface area contributed by atoms with E-state index < -0.39 is 53.3 Å². The molecule has 1 saturated carbocycles. The SMILES string of the molecule is C=C(C(=O)N[C@@H](Cc1ccccc1)C(=O)O)C(CCC)NC(=O)[C@@H]1[C@H]2CCC(=O)[C@H]2CN1C(=O)[C@@H](N)C(C)(C)C. The van der Waals surface area contributed by atoms with Crippen molar-refractivity contribution in [3.63, 3.8) is 0 Å². The summed E-state index contributed by atoms with van der Waals surface area (Å²) in [5.41, 5.74) is 6.49. The highest BCUT2D eigenvalue weighted by molar-refractivity contribution is 5.98. The summed E-state index contributed by atoms with van der Waals surface area (Å²) in [6, 6.07) is 5.22. The van der Waals surface area contributed by atoms with Crippen molar-refractivity contribution in [1.82, 2.24) is 15.5 Å². The normalized spacial score (nSPS) is 22.7. The highest BCUT2D eigenvalue weighted by Gasteiger charge is 2.54. The number of carboxylic acids is 1. The Labute approximate surface area is 235 Å². The molecule has 2 aliphatic rings. The molecule has 3 rings (SSSR count). The first-order chi connectivity index (χ1) is 18.8. The van der Waals surface area contributed by atoms with E-state index in [1.54, 1.807) is 24.3 Å². The van der Waals surface area contributed by atoms with E-state index in [0.717, 1.165) is 5.56 Å². The lowest BCUT2D eigenvalue weighted by Gasteiger charge is -2.34. The van der Waals surface area contributed by atoms with E-state index in [1.165, 1.54) is 4.90 Å². The smallest absolute Gasteiger partial charge is 0.326 e. The van der Waals surface area contributed by atoms with Crippen molar-refractivity contribution in [3.8, 4) is 0 Å². The second kappa shape index (κ2) is 12.8. The topological polar surface area (TPSA) is 159 Å². The summed E-state index contributed by atoms with van der Waals surface area (Å²) >= 11 is 0. The number of carbonyl (C=O) groups excluding carboxylic acids is 4. The third kappa shape index (κ3) is 6.96. The van der Waals surface area contributed by atoms with Crippen LogP contribution in [-0.4, -0.2) is 70.2 Å². The van der Waals surface area contributed by atoms with Gasteiger partial charge in [0.25, 0.3) is 0 Å². The Bertz CT molecular complexity index is 1140. The fourth-order valence-corrected chi connectivity index (χ4v) is 5.56. The van der Waals surface area contributed by atoms with Crippen LogP contribution >= 0.6 is 0 Å². The summed E-state index contributed by atoms with van der Waals surface area (Å²) < 4.78 is 0. The van der Waals surface area contributed by atoms with Crippen LogP contribution in [0.25, 0.3) is 0 Å². The van der Waals surface area contributed by atoms with Crippen LogP contribution in [0.4, 0.5) is 0 Å². The molecule has 0 spiro atoms. The number of carboxylic acid groups (broad SMARTS) is 1. The number of hydrogen-bond donors (Lipinski definition) is 4. The van der Waals surface area contributed by atoms with E-state index in [0.29, 0.717) is 25.7 Å². The monoisotopic (exact) mass is 554 g/mol. The van der Waals surface area contributed by atoms with Gasteiger partial charge in [0, 0.05) is 36.8 Å². The number of hydrogen-bond acceptors (Lipinski definition) is 6. The van der Waals surface area contributed by atoms with Crippen molar-refractivity contribution in [2.75, 3.05) is 6.54 Å². The number of nitrogens with one attached hydrogen (secondary N) is 2. The molecule has 0 radical (unpaired) electrons. The Morgan fingerprint density at radius 2 is 1.77 bits per heavy atom. The Hall–Kier alpha value is -3.53. The molecule has 1 unspecified atom stereocenters. The summed E-state index contributed by atoms with van der Waals surface area (Å²) in [7, 11) is 0. The number of nitrogens with two attached hydrogens (primary N) is 1. The van der Waals surface area contributed by atoms with Gasteiger partial charge in [0.05, 0.1) is 12.1 Å². The Morgan fingerprint density at radius 1 is 1.12 bits per heavy atom.